The lowest BCUT2D eigenvalue weighted by Crippen LogP contribution is -2.50. The van der Waals surface area contributed by atoms with Gasteiger partial charge in [0.25, 0.3) is 0 Å². The smallest absolute Gasteiger partial charge is 0.325 e. The predicted octanol–water partition coefficient (Wildman–Crippen LogP) is 9.13. The number of hydrogen-bond acceptors (Lipinski definition) is 1. The molecule has 5 rings (SSSR count). The van der Waals surface area contributed by atoms with Gasteiger partial charge in [0.05, 0.1) is 16.8 Å². The molecule has 9 heteroatoms. The van der Waals surface area contributed by atoms with Gasteiger partial charge in [0.15, 0.2) is 0 Å². The largest absolute Gasteiger partial charge is 0.418 e. The summed E-state index contributed by atoms with van der Waals surface area (Å²) in [6.07, 6.45) is 0.827. The van der Waals surface area contributed by atoms with Crippen molar-refractivity contribution in [3.05, 3.63) is 51.5 Å². The summed E-state index contributed by atoms with van der Waals surface area (Å²) in [5.74, 6) is -0.0577. The third-order valence-electron chi connectivity index (χ3n) is 9.95. The second-order valence-electron chi connectivity index (χ2n) is 11.7. The Kier molecular flexibility index (Phi) is 6.44. The average molecular weight is 590 g/mol. The van der Waals surface area contributed by atoms with Crippen LogP contribution in [-0.4, -0.2) is 5.91 Å². The quantitative estimate of drug-likeness (QED) is 0.342. The number of anilines is 1. The van der Waals surface area contributed by atoms with Crippen molar-refractivity contribution < 1.29 is 31.1 Å². The zero-order valence-electron chi connectivity index (χ0n) is 20.7. The highest BCUT2D eigenvalue weighted by atomic mass is 79.9. The maximum absolute atomic E-state index is 13.6. The minimum absolute atomic E-state index is 0.0709. The van der Waals surface area contributed by atoms with E-state index < -0.39 is 46.4 Å². The molecule has 37 heavy (non-hydrogen) atoms. The van der Waals surface area contributed by atoms with Gasteiger partial charge in [0, 0.05) is 5.92 Å². The number of rotatable bonds is 2. The summed E-state index contributed by atoms with van der Waals surface area (Å²) >= 11 is 3.64. The van der Waals surface area contributed by atoms with Crippen LogP contribution in [0.25, 0.3) is 0 Å². The van der Waals surface area contributed by atoms with E-state index >= 15 is 0 Å². The average Bonchev–Trinajstić information content (AvgIpc) is 3.15. The van der Waals surface area contributed by atoms with Crippen LogP contribution in [0.5, 0.6) is 0 Å². The molecule has 0 saturated heterocycles. The molecular formula is C28H30BrF6NO. The van der Waals surface area contributed by atoms with Crippen LogP contribution >= 0.6 is 15.9 Å². The van der Waals surface area contributed by atoms with Gasteiger partial charge in [-0.05, 0) is 108 Å². The number of fused-ring (bicyclic) bond motifs is 5. The van der Waals surface area contributed by atoms with Gasteiger partial charge in [-0.1, -0.05) is 35.9 Å². The zero-order chi connectivity index (χ0) is 27.0. The Morgan fingerprint density at radius 1 is 1.00 bits per heavy atom. The Morgan fingerprint density at radius 3 is 2.41 bits per heavy atom. The van der Waals surface area contributed by atoms with Gasteiger partial charge < -0.3 is 5.32 Å². The summed E-state index contributed by atoms with van der Waals surface area (Å²) in [7, 11) is 0. The second-order valence-corrected chi connectivity index (χ2v) is 12.7. The van der Waals surface area contributed by atoms with E-state index in [0.29, 0.717) is 36.5 Å². The van der Waals surface area contributed by atoms with Crippen LogP contribution in [0.2, 0.25) is 0 Å². The summed E-state index contributed by atoms with van der Waals surface area (Å²) in [4.78, 5) is 13.4. The number of carbonyl (C=O) groups is 1. The van der Waals surface area contributed by atoms with Crippen molar-refractivity contribution in [2.45, 2.75) is 71.1 Å². The molecule has 1 N–H and O–H groups in total. The van der Waals surface area contributed by atoms with Gasteiger partial charge in [0.1, 0.15) is 0 Å². The maximum Gasteiger partial charge on any atom is 0.418 e. The first kappa shape index (κ1) is 26.8. The van der Waals surface area contributed by atoms with Crippen LogP contribution in [0, 0.1) is 34.5 Å². The zero-order valence-corrected chi connectivity index (χ0v) is 22.3. The fourth-order valence-corrected chi connectivity index (χ4v) is 8.46. The van der Waals surface area contributed by atoms with Crippen LogP contribution in [0.1, 0.15) is 69.9 Å². The third kappa shape index (κ3) is 4.47. The molecule has 0 aromatic heterocycles. The number of halogens is 7. The Labute approximate surface area is 221 Å². The summed E-state index contributed by atoms with van der Waals surface area (Å²) in [5.41, 5.74) is -2.29. The topological polar surface area (TPSA) is 29.1 Å². The van der Waals surface area contributed by atoms with E-state index in [2.05, 4.69) is 47.2 Å². The number of allylic oxidation sites excluding steroid dienone is 4. The number of amides is 1. The lowest BCUT2D eigenvalue weighted by molar-refractivity contribution is -0.141. The molecule has 4 aliphatic carbocycles. The third-order valence-corrected chi connectivity index (χ3v) is 10.6. The summed E-state index contributed by atoms with van der Waals surface area (Å²) in [5, 5.41) is 2.28. The van der Waals surface area contributed by atoms with Crippen LogP contribution in [0.3, 0.4) is 0 Å². The van der Waals surface area contributed by atoms with E-state index in [1.807, 2.05) is 0 Å². The first-order valence-corrected chi connectivity index (χ1v) is 13.6. The molecule has 6 atom stereocenters. The van der Waals surface area contributed by atoms with E-state index in [9.17, 15) is 31.1 Å². The van der Waals surface area contributed by atoms with Crippen molar-refractivity contribution in [1.82, 2.24) is 0 Å². The molecule has 0 aliphatic heterocycles. The highest BCUT2D eigenvalue weighted by molar-refractivity contribution is 9.11. The van der Waals surface area contributed by atoms with E-state index in [0.717, 1.165) is 38.5 Å². The van der Waals surface area contributed by atoms with Gasteiger partial charge in [-0.15, -0.1) is 0 Å². The Bertz CT molecular complexity index is 1170. The van der Waals surface area contributed by atoms with Crippen molar-refractivity contribution >= 4 is 27.5 Å². The van der Waals surface area contributed by atoms with Gasteiger partial charge in [0.2, 0.25) is 5.91 Å². The van der Waals surface area contributed by atoms with E-state index in [-0.39, 0.29) is 11.3 Å². The van der Waals surface area contributed by atoms with Crippen molar-refractivity contribution in [1.29, 1.82) is 0 Å². The Balaban J connectivity index is 1.41. The fourth-order valence-electron chi connectivity index (χ4n) is 8.01. The lowest BCUT2D eigenvalue weighted by atomic mass is 9.48. The molecule has 0 heterocycles. The van der Waals surface area contributed by atoms with Crippen LogP contribution in [0.15, 0.2) is 40.4 Å². The highest BCUT2D eigenvalue weighted by Gasteiger charge is 2.59. The summed E-state index contributed by atoms with van der Waals surface area (Å²) < 4.78 is 81.7. The van der Waals surface area contributed by atoms with E-state index in [1.165, 1.54) is 10.1 Å². The number of hydrogen-bond donors (Lipinski definition) is 1. The van der Waals surface area contributed by atoms with Crippen molar-refractivity contribution in [3.8, 4) is 0 Å². The van der Waals surface area contributed by atoms with Gasteiger partial charge in [-0.2, -0.15) is 26.3 Å². The lowest BCUT2D eigenvalue weighted by Gasteiger charge is -2.56. The van der Waals surface area contributed by atoms with Crippen molar-refractivity contribution in [2.24, 2.45) is 34.5 Å². The highest BCUT2D eigenvalue weighted by Crippen LogP contribution is 2.66. The maximum atomic E-state index is 13.6. The number of benzene rings is 1. The van der Waals surface area contributed by atoms with Crippen LogP contribution < -0.4 is 5.32 Å². The summed E-state index contributed by atoms with van der Waals surface area (Å²) in [6, 6.07) is 1.19. The molecule has 0 unspecified atom stereocenters. The minimum Gasteiger partial charge on any atom is -0.325 e. The molecule has 0 bridgehead atoms. The molecule has 2 fully saturated rings. The monoisotopic (exact) mass is 589 g/mol. The van der Waals surface area contributed by atoms with E-state index in [1.54, 1.807) is 0 Å². The molecular weight excluding hydrogens is 560 g/mol. The summed E-state index contributed by atoms with van der Waals surface area (Å²) in [6.45, 7) is 4.39. The normalized spacial score (nSPS) is 35.6. The van der Waals surface area contributed by atoms with Gasteiger partial charge >= 0.3 is 12.4 Å². The SMILES string of the molecule is C[C@]12CC[C@H]3[C@@H](CC=C4C=C(Br)CC[C@@]43C)[C@@H]1CC[C@@H]2C(=O)Nc1cc(C(F)(F)F)ccc1C(F)(F)F. The minimum atomic E-state index is -4.89. The predicted molar refractivity (Wildman–Crippen MR) is 133 cm³/mol. The fraction of sp³-hybridized carbons (Fsp3) is 0.607. The van der Waals surface area contributed by atoms with Gasteiger partial charge in [-0.3, -0.25) is 4.79 Å². The van der Waals surface area contributed by atoms with Crippen LogP contribution in [0.4, 0.5) is 32.0 Å². The molecule has 1 amide bonds. The molecule has 2 nitrogen and oxygen atoms in total. The molecule has 2 saturated carbocycles. The molecule has 202 valence electrons. The van der Waals surface area contributed by atoms with Crippen molar-refractivity contribution in [2.75, 3.05) is 5.32 Å². The van der Waals surface area contributed by atoms with E-state index in [4.69, 9.17) is 0 Å². The second kappa shape index (κ2) is 8.88. The first-order chi connectivity index (χ1) is 17.1. The number of alkyl halides is 6. The van der Waals surface area contributed by atoms with Crippen LogP contribution in [-0.2, 0) is 17.1 Å². The first-order valence-electron chi connectivity index (χ1n) is 12.8. The van der Waals surface area contributed by atoms with Gasteiger partial charge in [-0.25, -0.2) is 0 Å². The Morgan fingerprint density at radius 2 is 1.73 bits per heavy atom. The standard InChI is InChI=1S/C28H30BrF6NO/c1-25-11-9-17(29)13-15(25)3-5-18-19-7-8-22(26(19,2)12-10-20(18)25)24(37)36-23-14-16(27(30,31)32)4-6-21(23)28(33,34)35/h3-4,6,13-14,18-20,22H,5,7-12H2,1-2H3,(H,36,37)/t18-,19-,20-,22+,25-,26-/m0/s1. The number of carbonyl (C=O) groups excluding carboxylic acids is 1. The molecule has 1 aromatic carbocycles. The molecule has 0 spiro atoms. The Hall–Kier alpha value is -1.77. The number of nitrogens with one attached hydrogen (secondary N) is 1. The molecule has 0 radical (unpaired) electrons. The molecule has 1 aromatic rings. The molecule has 4 aliphatic rings. The van der Waals surface area contributed by atoms with Crippen molar-refractivity contribution in [3.63, 3.8) is 0 Å².